The Balaban J connectivity index is 1.43. The van der Waals surface area contributed by atoms with Gasteiger partial charge in [-0.1, -0.05) is 0 Å². The fraction of sp³-hybridized carbons (Fsp3) is 0.500. The molecule has 2 fully saturated rings. The number of nitrogens with zero attached hydrogens (tertiary/aromatic N) is 3. The number of hydrogen-bond acceptors (Lipinski definition) is 5. The fourth-order valence-electron chi connectivity index (χ4n) is 4.47. The molecule has 0 saturated carbocycles. The first-order valence-electron chi connectivity index (χ1n) is 11.2. The zero-order chi connectivity index (χ0) is 22.7. The first kappa shape index (κ1) is 22.3. The molecule has 0 spiro atoms. The van der Waals surface area contributed by atoms with E-state index >= 15 is 0 Å². The zero-order valence-electron chi connectivity index (χ0n) is 18.6. The maximum Gasteiger partial charge on any atom is 0.251 e. The number of carbonyl (C=O) groups excluding carboxylic acids is 2. The van der Waals surface area contributed by atoms with E-state index < -0.39 is 0 Å². The second-order valence-electron chi connectivity index (χ2n) is 8.59. The molecule has 2 atom stereocenters. The predicted molar refractivity (Wildman–Crippen MR) is 118 cm³/mol. The van der Waals surface area contributed by atoms with Gasteiger partial charge in [0.1, 0.15) is 17.7 Å². The van der Waals surface area contributed by atoms with Crippen molar-refractivity contribution in [1.29, 1.82) is 0 Å². The van der Waals surface area contributed by atoms with Crippen molar-refractivity contribution in [2.24, 2.45) is 0 Å². The third-order valence-electron chi connectivity index (χ3n) is 6.21. The Labute approximate surface area is 187 Å². The first-order valence-corrected chi connectivity index (χ1v) is 11.2. The number of aryl methyl sites for hydroxylation is 2. The Morgan fingerprint density at radius 2 is 1.84 bits per heavy atom. The van der Waals surface area contributed by atoms with E-state index in [4.69, 9.17) is 14.7 Å². The number of benzene rings is 1. The van der Waals surface area contributed by atoms with Crippen LogP contribution in [0, 0.1) is 19.7 Å². The molecule has 4 rings (SSSR count). The Hall–Kier alpha value is -2.87. The lowest BCUT2D eigenvalue weighted by atomic mass is 9.95. The lowest BCUT2D eigenvalue weighted by Gasteiger charge is -2.33. The molecule has 32 heavy (non-hydrogen) atoms. The van der Waals surface area contributed by atoms with Crippen LogP contribution in [0.25, 0.3) is 0 Å². The number of nitrogens with one attached hydrogen (secondary N) is 1. The maximum atomic E-state index is 13.1. The van der Waals surface area contributed by atoms with E-state index in [1.165, 1.54) is 24.3 Å². The molecule has 2 aromatic rings. The number of halogens is 1. The van der Waals surface area contributed by atoms with Crippen LogP contribution in [0.1, 0.15) is 54.4 Å². The highest BCUT2D eigenvalue weighted by Gasteiger charge is 2.33. The van der Waals surface area contributed by atoms with Crippen molar-refractivity contribution in [2.45, 2.75) is 58.0 Å². The van der Waals surface area contributed by atoms with Gasteiger partial charge in [0.05, 0.1) is 6.42 Å². The molecule has 0 bridgehead atoms. The minimum atomic E-state index is -0.350. The number of ether oxygens (including phenoxy) is 1. The second kappa shape index (κ2) is 9.73. The zero-order valence-corrected chi connectivity index (χ0v) is 18.6. The fourth-order valence-corrected chi connectivity index (χ4v) is 4.47. The van der Waals surface area contributed by atoms with E-state index in [9.17, 15) is 14.0 Å². The topological polar surface area (TPSA) is 84.4 Å². The molecule has 2 aliphatic rings. The number of amides is 2. The van der Waals surface area contributed by atoms with Crippen molar-refractivity contribution in [3.63, 3.8) is 0 Å². The standard InChI is InChI=1S/C24H29FN4O3/c1-15-20(13-22(30)28-19-9-7-18(25)8-10-19)16(2)27-23(26-15)17-5-3-11-29(14-17)24(31)21-6-4-12-32-21/h7-10,17,21H,3-6,11-14H2,1-2H3,(H,28,30)/t17-,21+/m1/s1. The molecule has 1 aromatic heterocycles. The second-order valence-corrected chi connectivity index (χ2v) is 8.59. The van der Waals surface area contributed by atoms with Crippen LogP contribution in [0.4, 0.5) is 10.1 Å². The molecular formula is C24H29FN4O3. The Morgan fingerprint density at radius 1 is 1.12 bits per heavy atom. The van der Waals surface area contributed by atoms with Crippen LogP contribution in [0.15, 0.2) is 24.3 Å². The highest BCUT2D eigenvalue weighted by molar-refractivity contribution is 5.92. The van der Waals surface area contributed by atoms with Crippen LogP contribution in [-0.2, 0) is 20.7 Å². The van der Waals surface area contributed by atoms with E-state index in [-0.39, 0.29) is 36.1 Å². The lowest BCUT2D eigenvalue weighted by molar-refractivity contribution is -0.142. The van der Waals surface area contributed by atoms with Crippen LogP contribution in [0.2, 0.25) is 0 Å². The number of piperidine rings is 1. The molecule has 2 saturated heterocycles. The molecule has 0 aliphatic carbocycles. The van der Waals surface area contributed by atoms with Crippen LogP contribution in [-0.4, -0.2) is 52.5 Å². The molecule has 0 unspecified atom stereocenters. The van der Waals surface area contributed by atoms with Crippen molar-refractivity contribution in [2.75, 3.05) is 25.0 Å². The average Bonchev–Trinajstić information content (AvgIpc) is 3.32. The molecule has 7 nitrogen and oxygen atoms in total. The summed E-state index contributed by atoms with van der Waals surface area (Å²) in [6, 6.07) is 5.67. The van der Waals surface area contributed by atoms with Crippen molar-refractivity contribution >= 4 is 17.5 Å². The molecular weight excluding hydrogens is 411 g/mol. The summed E-state index contributed by atoms with van der Waals surface area (Å²) >= 11 is 0. The summed E-state index contributed by atoms with van der Waals surface area (Å²) in [5.41, 5.74) is 2.87. The molecule has 170 valence electrons. The number of likely N-dealkylation sites (tertiary alicyclic amines) is 1. The number of carbonyl (C=O) groups is 2. The summed E-state index contributed by atoms with van der Waals surface area (Å²) in [7, 11) is 0. The highest BCUT2D eigenvalue weighted by atomic mass is 19.1. The van der Waals surface area contributed by atoms with Gasteiger partial charge >= 0.3 is 0 Å². The van der Waals surface area contributed by atoms with Crippen molar-refractivity contribution in [3.8, 4) is 0 Å². The van der Waals surface area contributed by atoms with Gasteiger partial charge in [-0.15, -0.1) is 0 Å². The molecule has 3 heterocycles. The van der Waals surface area contributed by atoms with E-state index in [1.54, 1.807) is 0 Å². The maximum absolute atomic E-state index is 13.1. The van der Waals surface area contributed by atoms with E-state index in [1.807, 2.05) is 18.7 Å². The molecule has 0 radical (unpaired) electrons. The van der Waals surface area contributed by atoms with Crippen LogP contribution >= 0.6 is 0 Å². The summed E-state index contributed by atoms with van der Waals surface area (Å²) in [5.74, 6) is 0.332. The predicted octanol–water partition coefficient (Wildman–Crippen LogP) is 3.30. The Bertz CT molecular complexity index is 966. The highest BCUT2D eigenvalue weighted by Crippen LogP contribution is 2.28. The van der Waals surface area contributed by atoms with Gasteiger partial charge in [-0.05, 0) is 63.8 Å². The quantitative estimate of drug-likeness (QED) is 0.771. The lowest BCUT2D eigenvalue weighted by Crippen LogP contribution is -2.44. The largest absolute Gasteiger partial charge is 0.368 e. The van der Waals surface area contributed by atoms with Gasteiger partial charge in [0, 0.05) is 48.3 Å². The minimum Gasteiger partial charge on any atom is -0.368 e. The SMILES string of the molecule is Cc1nc([C@@H]2CCCN(C(=O)[C@@H]3CCCO3)C2)nc(C)c1CC(=O)Nc1ccc(F)cc1. The number of aromatic nitrogens is 2. The van der Waals surface area contributed by atoms with Crippen LogP contribution < -0.4 is 5.32 Å². The van der Waals surface area contributed by atoms with Crippen LogP contribution in [0.5, 0.6) is 0 Å². The third-order valence-corrected chi connectivity index (χ3v) is 6.21. The molecule has 8 heteroatoms. The van der Waals surface area contributed by atoms with Gasteiger partial charge in [-0.2, -0.15) is 0 Å². The van der Waals surface area contributed by atoms with Gasteiger partial charge in [0.25, 0.3) is 5.91 Å². The van der Waals surface area contributed by atoms with E-state index in [0.717, 1.165) is 55.0 Å². The monoisotopic (exact) mass is 440 g/mol. The molecule has 1 aromatic carbocycles. The summed E-state index contributed by atoms with van der Waals surface area (Å²) in [6.07, 6.45) is 3.41. The third kappa shape index (κ3) is 5.12. The van der Waals surface area contributed by atoms with Gasteiger partial charge in [-0.25, -0.2) is 14.4 Å². The van der Waals surface area contributed by atoms with Crippen molar-refractivity contribution in [3.05, 3.63) is 52.9 Å². The first-order chi connectivity index (χ1) is 15.4. The molecule has 1 N–H and O–H groups in total. The van der Waals surface area contributed by atoms with Gasteiger partial charge < -0.3 is 15.0 Å². The van der Waals surface area contributed by atoms with E-state index in [0.29, 0.717) is 18.8 Å². The summed E-state index contributed by atoms with van der Waals surface area (Å²) in [5, 5.41) is 2.78. The van der Waals surface area contributed by atoms with Gasteiger partial charge in [0.2, 0.25) is 5.91 Å². The Kier molecular flexibility index (Phi) is 6.79. The molecule has 2 aliphatic heterocycles. The Morgan fingerprint density at radius 3 is 2.50 bits per heavy atom. The summed E-state index contributed by atoms with van der Waals surface area (Å²) in [6.45, 7) is 5.77. The van der Waals surface area contributed by atoms with Crippen molar-refractivity contribution in [1.82, 2.24) is 14.9 Å². The normalized spacial score (nSPS) is 20.9. The minimum absolute atomic E-state index is 0.0774. The average molecular weight is 441 g/mol. The number of rotatable bonds is 5. The summed E-state index contributed by atoms with van der Waals surface area (Å²) < 4.78 is 18.6. The van der Waals surface area contributed by atoms with Crippen LogP contribution in [0.3, 0.4) is 0 Å². The van der Waals surface area contributed by atoms with E-state index in [2.05, 4.69) is 5.32 Å². The smallest absolute Gasteiger partial charge is 0.251 e. The van der Waals surface area contributed by atoms with Gasteiger partial charge in [0.15, 0.2) is 0 Å². The summed E-state index contributed by atoms with van der Waals surface area (Å²) in [4.78, 5) is 36.5. The number of anilines is 1. The molecule has 2 amide bonds. The van der Waals surface area contributed by atoms with Gasteiger partial charge in [-0.3, -0.25) is 9.59 Å². The number of hydrogen-bond donors (Lipinski definition) is 1. The van der Waals surface area contributed by atoms with Crippen molar-refractivity contribution < 1.29 is 18.7 Å².